The van der Waals surface area contributed by atoms with E-state index >= 15 is 0 Å². The molecule has 0 aliphatic rings. The van der Waals surface area contributed by atoms with Crippen LogP contribution in [0, 0.1) is 12.7 Å². The molecule has 0 unspecified atom stereocenters. The summed E-state index contributed by atoms with van der Waals surface area (Å²) in [7, 11) is -4.06. The molecule has 0 aromatic heterocycles. The van der Waals surface area contributed by atoms with Crippen molar-refractivity contribution in [2.45, 2.75) is 18.7 Å². The van der Waals surface area contributed by atoms with Crippen molar-refractivity contribution in [2.24, 2.45) is 0 Å². The highest BCUT2D eigenvalue weighted by Crippen LogP contribution is 2.27. The average molecular weight is 430 g/mol. The number of rotatable bonds is 6. The van der Waals surface area contributed by atoms with E-state index in [2.05, 4.69) is 15.9 Å². The highest BCUT2D eigenvalue weighted by molar-refractivity contribution is 9.10. The van der Waals surface area contributed by atoms with Crippen molar-refractivity contribution in [3.63, 3.8) is 0 Å². The smallest absolute Gasteiger partial charge is 0.326 e. The summed E-state index contributed by atoms with van der Waals surface area (Å²) in [6.45, 7) is 3.11. The van der Waals surface area contributed by atoms with Crippen molar-refractivity contribution >= 4 is 37.6 Å². The number of sulfonamides is 1. The second kappa shape index (κ2) is 7.97. The van der Waals surface area contributed by atoms with Gasteiger partial charge in [-0.15, -0.1) is 0 Å². The molecule has 0 saturated heterocycles. The molecule has 0 bridgehead atoms. The van der Waals surface area contributed by atoms with Crippen LogP contribution >= 0.6 is 15.9 Å². The van der Waals surface area contributed by atoms with Gasteiger partial charge >= 0.3 is 5.97 Å². The maximum absolute atomic E-state index is 13.1. The Hall–Kier alpha value is -1.93. The number of hydrogen-bond donors (Lipinski definition) is 0. The van der Waals surface area contributed by atoms with E-state index in [1.807, 2.05) is 0 Å². The molecular weight excluding hydrogens is 413 g/mol. The summed E-state index contributed by atoms with van der Waals surface area (Å²) in [4.78, 5) is 11.8. The summed E-state index contributed by atoms with van der Waals surface area (Å²) < 4.78 is 45.7. The molecule has 25 heavy (non-hydrogen) atoms. The largest absolute Gasteiger partial charge is 0.465 e. The average Bonchev–Trinajstić information content (AvgIpc) is 2.56. The van der Waals surface area contributed by atoms with Crippen LogP contribution in [0.1, 0.15) is 12.5 Å². The van der Waals surface area contributed by atoms with Gasteiger partial charge in [0.05, 0.1) is 17.2 Å². The SMILES string of the molecule is CCOC(=O)CN(c1ccc(Br)c(C)c1)S(=O)(=O)c1ccc(F)cc1. The molecule has 0 atom stereocenters. The molecule has 2 rings (SSSR count). The second-order valence-electron chi connectivity index (χ2n) is 5.20. The predicted molar refractivity (Wildman–Crippen MR) is 96.4 cm³/mol. The standard InChI is InChI=1S/C17H17BrFNO4S/c1-3-24-17(21)11-20(14-6-9-16(18)12(2)10-14)25(22,23)15-7-4-13(19)5-8-15/h4-10H,3,11H2,1-2H3. The Kier molecular flexibility index (Phi) is 6.18. The maximum atomic E-state index is 13.1. The highest BCUT2D eigenvalue weighted by atomic mass is 79.9. The van der Waals surface area contributed by atoms with Crippen LogP contribution < -0.4 is 4.31 Å². The number of aryl methyl sites for hydroxylation is 1. The maximum Gasteiger partial charge on any atom is 0.326 e. The molecule has 0 aliphatic heterocycles. The number of carbonyl (C=O) groups excluding carboxylic acids is 1. The lowest BCUT2D eigenvalue weighted by Gasteiger charge is -2.24. The number of esters is 1. The van der Waals surface area contributed by atoms with Gasteiger partial charge in [0.15, 0.2) is 0 Å². The molecule has 0 aliphatic carbocycles. The van der Waals surface area contributed by atoms with Gasteiger partial charge in [0.25, 0.3) is 10.0 Å². The fourth-order valence-electron chi connectivity index (χ4n) is 2.16. The first-order valence-electron chi connectivity index (χ1n) is 7.45. The number of anilines is 1. The molecule has 134 valence electrons. The lowest BCUT2D eigenvalue weighted by atomic mass is 10.2. The van der Waals surface area contributed by atoms with Crippen LogP contribution in [-0.4, -0.2) is 27.5 Å². The van der Waals surface area contributed by atoms with Gasteiger partial charge in [-0.2, -0.15) is 0 Å². The van der Waals surface area contributed by atoms with E-state index in [0.717, 1.165) is 38.6 Å². The van der Waals surface area contributed by atoms with E-state index in [1.165, 1.54) is 0 Å². The van der Waals surface area contributed by atoms with Gasteiger partial charge in [-0.1, -0.05) is 15.9 Å². The third-order valence-electron chi connectivity index (χ3n) is 3.41. The molecule has 0 amide bonds. The first kappa shape index (κ1) is 19.4. The number of benzene rings is 2. The highest BCUT2D eigenvalue weighted by Gasteiger charge is 2.28. The van der Waals surface area contributed by atoms with E-state index in [9.17, 15) is 17.6 Å². The minimum absolute atomic E-state index is 0.112. The zero-order chi connectivity index (χ0) is 18.6. The molecule has 0 saturated carbocycles. The Morgan fingerprint density at radius 1 is 1.20 bits per heavy atom. The zero-order valence-corrected chi connectivity index (χ0v) is 16.1. The summed E-state index contributed by atoms with van der Waals surface area (Å²) in [5.41, 5.74) is 1.12. The molecule has 2 aromatic rings. The third kappa shape index (κ3) is 4.58. The number of halogens is 2. The van der Waals surface area contributed by atoms with Crippen molar-refractivity contribution in [1.29, 1.82) is 0 Å². The van der Waals surface area contributed by atoms with E-state index in [0.29, 0.717) is 5.69 Å². The van der Waals surface area contributed by atoms with Crippen molar-refractivity contribution < 1.29 is 22.3 Å². The first-order chi connectivity index (χ1) is 11.8. The van der Waals surface area contributed by atoms with Crippen molar-refractivity contribution in [3.8, 4) is 0 Å². The van der Waals surface area contributed by atoms with Gasteiger partial charge in [0.2, 0.25) is 0 Å². The van der Waals surface area contributed by atoms with Gasteiger partial charge < -0.3 is 4.74 Å². The van der Waals surface area contributed by atoms with Crippen LogP contribution in [0.25, 0.3) is 0 Å². The number of nitrogens with zero attached hydrogens (tertiary/aromatic N) is 1. The molecule has 5 nitrogen and oxygen atoms in total. The minimum Gasteiger partial charge on any atom is -0.465 e. The lowest BCUT2D eigenvalue weighted by molar-refractivity contribution is -0.141. The van der Waals surface area contributed by atoms with Crippen LogP contribution in [0.15, 0.2) is 51.8 Å². The first-order valence-corrected chi connectivity index (χ1v) is 9.69. The molecule has 0 fully saturated rings. The zero-order valence-electron chi connectivity index (χ0n) is 13.7. The quantitative estimate of drug-likeness (QED) is 0.657. The number of ether oxygens (including phenoxy) is 1. The Balaban J connectivity index is 2.51. The van der Waals surface area contributed by atoms with Crippen LogP contribution in [-0.2, 0) is 19.6 Å². The number of carbonyl (C=O) groups is 1. The fourth-order valence-corrected chi connectivity index (χ4v) is 3.80. The molecule has 0 radical (unpaired) electrons. The molecular formula is C17H17BrFNO4S. The van der Waals surface area contributed by atoms with Crippen LogP contribution in [0.2, 0.25) is 0 Å². The van der Waals surface area contributed by atoms with E-state index in [4.69, 9.17) is 4.74 Å². The molecule has 0 spiro atoms. The summed E-state index contributed by atoms with van der Waals surface area (Å²) >= 11 is 3.36. The van der Waals surface area contributed by atoms with Crippen LogP contribution in [0.5, 0.6) is 0 Å². The normalized spacial score (nSPS) is 11.2. The van der Waals surface area contributed by atoms with Crippen molar-refractivity contribution in [2.75, 3.05) is 17.5 Å². The minimum atomic E-state index is -4.06. The fraction of sp³-hybridized carbons (Fsp3) is 0.235. The van der Waals surface area contributed by atoms with Crippen molar-refractivity contribution in [3.05, 3.63) is 58.3 Å². The van der Waals surface area contributed by atoms with Crippen LogP contribution in [0.3, 0.4) is 0 Å². The summed E-state index contributed by atoms with van der Waals surface area (Å²) in [5, 5.41) is 0. The van der Waals surface area contributed by atoms with Gasteiger partial charge in [0, 0.05) is 4.47 Å². The van der Waals surface area contributed by atoms with Gasteiger partial charge in [-0.3, -0.25) is 9.10 Å². The summed E-state index contributed by atoms with van der Waals surface area (Å²) in [6, 6.07) is 9.36. The third-order valence-corrected chi connectivity index (χ3v) is 6.09. The second-order valence-corrected chi connectivity index (χ2v) is 7.92. The van der Waals surface area contributed by atoms with E-state index in [-0.39, 0.29) is 11.5 Å². The Bertz CT molecular complexity index is 869. The lowest BCUT2D eigenvalue weighted by Crippen LogP contribution is -2.36. The van der Waals surface area contributed by atoms with E-state index < -0.39 is 28.4 Å². The Morgan fingerprint density at radius 2 is 1.84 bits per heavy atom. The Morgan fingerprint density at radius 3 is 2.40 bits per heavy atom. The topological polar surface area (TPSA) is 63.7 Å². The van der Waals surface area contributed by atoms with Gasteiger partial charge in [-0.05, 0) is 61.9 Å². The monoisotopic (exact) mass is 429 g/mol. The Labute approximate surface area is 154 Å². The van der Waals surface area contributed by atoms with Gasteiger partial charge in [0.1, 0.15) is 12.4 Å². The van der Waals surface area contributed by atoms with Crippen LogP contribution in [0.4, 0.5) is 10.1 Å². The molecule has 2 aromatic carbocycles. The molecule has 0 heterocycles. The summed E-state index contributed by atoms with van der Waals surface area (Å²) in [6.07, 6.45) is 0. The predicted octanol–water partition coefficient (Wildman–Crippen LogP) is 3.66. The summed E-state index contributed by atoms with van der Waals surface area (Å²) in [5.74, 6) is -1.22. The molecule has 0 N–H and O–H groups in total. The van der Waals surface area contributed by atoms with E-state index in [1.54, 1.807) is 32.0 Å². The number of hydrogen-bond acceptors (Lipinski definition) is 4. The van der Waals surface area contributed by atoms with Crippen molar-refractivity contribution in [1.82, 2.24) is 0 Å². The molecule has 8 heteroatoms. The van der Waals surface area contributed by atoms with Gasteiger partial charge in [-0.25, -0.2) is 12.8 Å².